The van der Waals surface area contributed by atoms with E-state index in [1.807, 2.05) is 75.6 Å². The van der Waals surface area contributed by atoms with E-state index >= 15 is 0 Å². The normalized spacial score (nSPS) is 11.0. The first-order valence-corrected chi connectivity index (χ1v) is 13.9. The Morgan fingerprint density at radius 2 is 1.43 bits per heavy atom. The number of nitrogens with two attached hydrogens (primary N) is 1. The summed E-state index contributed by atoms with van der Waals surface area (Å²) in [6.07, 6.45) is 4.12. The van der Waals surface area contributed by atoms with Crippen molar-refractivity contribution >= 4 is 33.9 Å². The SMILES string of the molecule is Cc1ccc2cc(C=O)c(OCCCN)cc2c1.[C-]#[N+]/C(C#N)=C\c1cc2ccc(C)cc2cc1OCCCN(C)C. The van der Waals surface area contributed by atoms with Gasteiger partial charge in [-0.05, 0) is 99.2 Å². The summed E-state index contributed by atoms with van der Waals surface area (Å²) in [7, 11) is 4.06. The van der Waals surface area contributed by atoms with Gasteiger partial charge in [-0.15, -0.1) is 0 Å². The van der Waals surface area contributed by atoms with Crippen molar-refractivity contribution in [1.29, 1.82) is 5.26 Å². The molecular weight excluding hydrogens is 524 g/mol. The number of fused-ring (bicyclic) bond motifs is 2. The molecule has 7 nitrogen and oxygen atoms in total. The van der Waals surface area contributed by atoms with E-state index in [1.165, 1.54) is 11.1 Å². The van der Waals surface area contributed by atoms with Gasteiger partial charge in [0.1, 0.15) is 11.5 Å². The molecule has 0 atom stereocenters. The fraction of sp³-hybridized carbons (Fsp3) is 0.286. The molecule has 0 saturated carbocycles. The average molecular weight is 563 g/mol. The lowest BCUT2D eigenvalue weighted by Gasteiger charge is -2.13. The summed E-state index contributed by atoms with van der Waals surface area (Å²) in [6.45, 7) is 13.8. The van der Waals surface area contributed by atoms with Crippen molar-refractivity contribution in [2.45, 2.75) is 26.7 Å². The monoisotopic (exact) mass is 562 g/mol. The van der Waals surface area contributed by atoms with E-state index in [-0.39, 0.29) is 5.70 Å². The fourth-order valence-corrected chi connectivity index (χ4v) is 4.35. The van der Waals surface area contributed by atoms with Crippen LogP contribution in [0.2, 0.25) is 0 Å². The predicted molar refractivity (Wildman–Crippen MR) is 171 cm³/mol. The molecule has 4 rings (SSSR count). The third kappa shape index (κ3) is 9.17. The number of allylic oxidation sites excluding steroid dienone is 1. The zero-order valence-electron chi connectivity index (χ0n) is 24.8. The van der Waals surface area contributed by atoms with Crippen molar-refractivity contribution in [1.82, 2.24) is 4.90 Å². The number of aldehydes is 1. The molecule has 0 saturated heterocycles. The van der Waals surface area contributed by atoms with E-state index in [0.29, 0.717) is 36.8 Å². The van der Waals surface area contributed by atoms with Gasteiger partial charge < -0.3 is 20.1 Å². The van der Waals surface area contributed by atoms with Gasteiger partial charge in [0, 0.05) is 12.1 Å². The zero-order valence-corrected chi connectivity index (χ0v) is 24.8. The molecule has 2 N–H and O–H groups in total. The van der Waals surface area contributed by atoms with E-state index in [0.717, 1.165) is 52.8 Å². The van der Waals surface area contributed by atoms with Crippen LogP contribution in [0, 0.1) is 31.8 Å². The van der Waals surface area contributed by atoms with E-state index in [1.54, 1.807) is 6.08 Å². The third-order valence-corrected chi connectivity index (χ3v) is 6.52. The summed E-state index contributed by atoms with van der Waals surface area (Å²) in [5.41, 5.74) is 9.21. The van der Waals surface area contributed by atoms with E-state index < -0.39 is 0 Å². The number of rotatable bonds is 11. The Balaban J connectivity index is 0.000000240. The minimum Gasteiger partial charge on any atom is -0.493 e. The summed E-state index contributed by atoms with van der Waals surface area (Å²) in [5.74, 6) is 1.35. The van der Waals surface area contributed by atoms with Crippen LogP contribution in [-0.4, -0.2) is 51.6 Å². The molecule has 4 aromatic carbocycles. The number of hydrogen-bond acceptors (Lipinski definition) is 6. The highest BCUT2D eigenvalue weighted by molar-refractivity contribution is 5.92. The van der Waals surface area contributed by atoms with Gasteiger partial charge in [-0.1, -0.05) is 47.5 Å². The van der Waals surface area contributed by atoms with Gasteiger partial charge in [0.05, 0.1) is 31.4 Å². The lowest BCUT2D eigenvalue weighted by atomic mass is 10.0. The number of nitriles is 1. The summed E-state index contributed by atoms with van der Waals surface area (Å²) in [6, 6.07) is 22.0. The van der Waals surface area contributed by atoms with Gasteiger partial charge in [-0.2, -0.15) is 0 Å². The van der Waals surface area contributed by atoms with Crippen LogP contribution in [0.5, 0.6) is 11.5 Å². The molecule has 0 spiro atoms. The zero-order chi connectivity index (χ0) is 30.5. The molecular formula is C35H38N4O3. The van der Waals surface area contributed by atoms with Crippen molar-refractivity contribution in [2.75, 3.05) is 40.4 Å². The second-order valence-corrected chi connectivity index (χ2v) is 10.3. The molecule has 0 aliphatic heterocycles. The Morgan fingerprint density at radius 1 is 0.881 bits per heavy atom. The Bertz CT molecular complexity index is 1630. The summed E-state index contributed by atoms with van der Waals surface area (Å²) in [4.78, 5) is 16.4. The first-order chi connectivity index (χ1) is 20.3. The average Bonchev–Trinajstić information content (AvgIpc) is 2.98. The van der Waals surface area contributed by atoms with Crippen molar-refractivity contribution in [3.63, 3.8) is 0 Å². The van der Waals surface area contributed by atoms with Gasteiger partial charge in [0.15, 0.2) is 6.29 Å². The minimum absolute atomic E-state index is 0.0552. The van der Waals surface area contributed by atoms with E-state index in [9.17, 15) is 4.79 Å². The molecule has 0 aliphatic carbocycles. The molecule has 0 amide bonds. The van der Waals surface area contributed by atoms with Gasteiger partial charge in [0.25, 0.3) is 5.70 Å². The number of carbonyl (C=O) groups excluding carboxylic acids is 1. The van der Waals surface area contributed by atoms with Crippen LogP contribution in [0.3, 0.4) is 0 Å². The summed E-state index contributed by atoms with van der Waals surface area (Å²) < 4.78 is 11.5. The van der Waals surface area contributed by atoms with Gasteiger partial charge in [-0.3, -0.25) is 4.79 Å². The largest absolute Gasteiger partial charge is 0.493 e. The standard InChI is InChI=1S/C20H21N3O.C15H17NO2/c1-15-6-7-16-11-18(12-19(14-21)22-2)20(13-17(16)10-15)24-9-5-8-23(3)4;1-11-3-4-12-8-14(10-17)15(9-13(12)7-11)18-6-2-5-16/h6-7,10-13H,5,8-9H2,1,3-4H3;3-4,7-10H,2,5-6,16H2,1H3/b19-12-;. The number of nitrogens with zero attached hydrogens (tertiary/aromatic N) is 3. The molecule has 0 bridgehead atoms. The Morgan fingerprint density at radius 3 is 1.93 bits per heavy atom. The van der Waals surface area contributed by atoms with Crippen molar-refractivity contribution in [2.24, 2.45) is 5.73 Å². The molecule has 0 heterocycles. The van der Waals surface area contributed by atoms with Crippen molar-refractivity contribution in [3.8, 4) is 17.6 Å². The molecule has 4 aromatic rings. The maximum atomic E-state index is 11.1. The number of carbonyl (C=O) groups is 1. The fourth-order valence-electron chi connectivity index (χ4n) is 4.35. The topological polar surface area (TPSA) is 92.9 Å². The highest BCUT2D eigenvalue weighted by Gasteiger charge is 2.08. The Kier molecular flexibility index (Phi) is 12.1. The van der Waals surface area contributed by atoms with Crippen molar-refractivity contribution < 1.29 is 14.3 Å². The van der Waals surface area contributed by atoms with Crippen LogP contribution in [0.15, 0.2) is 66.4 Å². The van der Waals surface area contributed by atoms with Crippen LogP contribution in [0.1, 0.15) is 39.9 Å². The van der Waals surface area contributed by atoms with Crippen LogP contribution in [0.25, 0.3) is 32.5 Å². The van der Waals surface area contributed by atoms with Gasteiger partial charge in [0.2, 0.25) is 0 Å². The first kappa shape index (κ1) is 31.8. The number of aryl methyl sites for hydroxylation is 2. The predicted octanol–water partition coefficient (Wildman–Crippen LogP) is 6.95. The van der Waals surface area contributed by atoms with Gasteiger partial charge in [-0.25, -0.2) is 10.1 Å². The van der Waals surface area contributed by atoms with Gasteiger partial charge >= 0.3 is 0 Å². The lowest BCUT2D eigenvalue weighted by Crippen LogP contribution is -2.15. The smallest absolute Gasteiger partial charge is 0.262 e. The Hall–Kier alpha value is -4.69. The minimum atomic E-state index is 0.0552. The first-order valence-electron chi connectivity index (χ1n) is 13.9. The maximum Gasteiger partial charge on any atom is 0.262 e. The molecule has 0 aromatic heterocycles. The quantitative estimate of drug-likeness (QED) is 0.0920. The maximum absolute atomic E-state index is 11.1. The summed E-state index contributed by atoms with van der Waals surface area (Å²) >= 11 is 0. The highest BCUT2D eigenvalue weighted by atomic mass is 16.5. The van der Waals surface area contributed by atoms with Crippen LogP contribution >= 0.6 is 0 Å². The van der Waals surface area contributed by atoms with Crippen molar-refractivity contribution in [3.05, 3.63) is 100 Å². The van der Waals surface area contributed by atoms with E-state index in [4.69, 9.17) is 27.0 Å². The molecule has 0 unspecified atom stereocenters. The van der Waals surface area contributed by atoms with Crippen LogP contribution in [0.4, 0.5) is 0 Å². The molecule has 0 fully saturated rings. The molecule has 0 radical (unpaired) electrons. The second kappa shape index (κ2) is 15.9. The highest BCUT2D eigenvalue weighted by Crippen LogP contribution is 2.29. The third-order valence-electron chi connectivity index (χ3n) is 6.52. The van der Waals surface area contributed by atoms with E-state index in [2.05, 4.69) is 28.8 Å². The molecule has 7 heteroatoms. The van der Waals surface area contributed by atoms with Crippen LogP contribution < -0.4 is 15.2 Å². The number of benzene rings is 4. The molecule has 0 aliphatic rings. The lowest BCUT2D eigenvalue weighted by molar-refractivity contribution is 0.111. The molecule has 216 valence electrons. The molecule has 42 heavy (non-hydrogen) atoms. The Labute approximate surface area is 248 Å². The second-order valence-electron chi connectivity index (χ2n) is 10.3. The summed E-state index contributed by atoms with van der Waals surface area (Å²) in [5, 5.41) is 13.3. The number of hydrogen-bond donors (Lipinski definition) is 1. The van der Waals surface area contributed by atoms with Crippen LogP contribution in [-0.2, 0) is 0 Å². The number of ether oxygens (including phenoxy) is 2.